The van der Waals surface area contributed by atoms with Crippen molar-refractivity contribution in [3.8, 4) is 0 Å². The lowest BCUT2D eigenvalue weighted by atomic mass is 10.2. The number of pyridine rings is 1. The highest BCUT2D eigenvalue weighted by Crippen LogP contribution is 2.17. The number of nitrogens with one attached hydrogen (secondary N) is 1. The molecule has 0 aliphatic heterocycles. The molecular formula is C12H12IN3. The molecular weight excluding hydrogens is 313 g/mol. The first-order valence-electron chi connectivity index (χ1n) is 4.94. The second kappa shape index (κ2) is 5.27. The summed E-state index contributed by atoms with van der Waals surface area (Å²) in [6.07, 6.45) is 3.63. The van der Waals surface area contributed by atoms with Crippen molar-refractivity contribution >= 4 is 34.0 Å². The largest absolute Gasteiger partial charge is 0.354 e. The highest BCUT2D eigenvalue weighted by molar-refractivity contribution is 14.1. The second-order valence-corrected chi connectivity index (χ2v) is 4.66. The van der Waals surface area contributed by atoms with Gasteiger partial charge in [-0.15, -0.1) is 0 Å². The number of rotatable bonds is 3. The zero-order chi connectivity index (χ0) is 11.4. The molecule has 0 spiro atoms. The van der Waals surface area contributed by atoms with Crippen molar-refractivity contribution in [1.29, 1.82) is 0 Å². The van der Waals surface area contributed by atoms with Crippen molar-refractivity contribution in [2.24, 2.45) is 5.73 Å². The van der Waals surface area contributed by atoms with Crippen molar-refractivity contribution in [2.75, 3.05) is 5.32 Å². The Kier molecular flexibility index (Phi) is 3.74. The van der Waals surface area contributed by atoms with Gasteiger partial charge in [-0.25, -0.2) is 0 Å². The van der Waals surface area contributed by atoms with E-state index in [2.05, 4.69) is 32.9 Å². The van der Waals surface area contributed by atoms with Gasteiger partial charge in [0.2, 0.25) is 0 Å². The summed E-state index contributed by atoms with van der Waals surface area (Å²) in [7, 11) is 0. The average Bonchev–Trinajstić information content (AvgIpc) is 2.30. The van der Waals surface area contributed by atoms with E-state index in [9.17, 15) is 0 Å². The first kappa shape index (κ1) is 11.3. The number of hydrogen-bond acceptors (Lipinski definition) is 3. The van der Waals surface area contributed by atoms with Gasteiger partial charge in [0.05, 0.1) is 11.9 Å². The first-order valence-corrected chi connectivity index (χ1v) is 6.02. The van der Waals surface area contributed by atoms with Crippen LogP contribution in [0.4, 0.5) is 11.4 Å². The fraction of sp³-hybridized carbons (Fsp3) is 0.0833. The van der Waals surface area contributed by atoms with Crippen molar-refractivity contribution < 1.29 is 0 Å². The Balaban J connectivity index is 2.14. The molecule has 0 saturated heterocycles. The van der Waals surface area contributed by atoms with Crippen molar-refractivity contribution in [2.45, 2.75) is 6.54 Å². The van der Waals surface area contributed by atoms with Crippen LogP contribution in [0.3, 0.4) is 0 Å². The van der Waals surface area contributed by atoms with Gasteiger partial charge in [0, 0.05) is 22.0 Å². The molecule has 0 fully saturated rings. The zero-order valence-electron chi connectivity index (χ0n) is 8.65. The molecule has 1 heterocycles. The molecule has 0 bridgehead atoms. The van der Waals surface area contributed by atoms with Gasteiger partial charge in [-0.1, -0.05) is 12.1 Å². The molecule has 0 aliphatic carbocycles. The third-order valence-corrected chi connectivity index (χ3v) is 2.77. The van der Waals surface area contributed by atoms with Crippen LogP contribution >= 0.6 is 22.6 Å². The van der Waals surface area contributed by atoms with Crippen LogP contribution in [0, 0.1) is 3.57 Å². The second-order valence-electron chi connectivity index (χ2n) is 3.42. The summed E-state index contributed by atoms with van der Waals surface area (Å²) >= 11 is 2.24. The fourth-order valence-corrected chi connectivity index (χ4v) is 1.87. The molecule has 2 aromatic rings. The highest BCUT2D eigenvalue weighted by Gasteiger charge is 1.96. The topological polar surface area (TPSA) is 50.9 Å². The highest BCUT2D eigenvalue weighted by atomic mass is 127. The minimum atomic E-state index is 0.574. The molecule has 0 unspecified atom stereocenters. The molecule has 16 heavy (non-hydrogen) atoms. The Morgan fingerprint density at radius 1 is 1.12 bits per heavy atom. The molecule has 0 radical (unpaired) electrons. The average molecular weight is 325 g/mol. The number of aromatic nitrogens is 1. The van der Waals surface area contributed by atoms with Gasteiger partial charge in [0.25, 0.3) is 0 Å². The zero-order valence-corrected chi connectivity index (χ0v) is 10.8. The minimum absolute atomic E-state index is 0.574. The molecule has 2 rings (SSSR count). The van der Waals surface area contributed by atoms with Gasteiger partial charge in [0.1, 0.15) is 0 Å². The van der Waals surface area contributed by atoms with Crippen molar-refractivity contribution in [3.63, 3.8) is 0 Å². The van der Waals surface area contributed by atoms with Gasteiger partial charge < -0.3 is 11.1 Å². The maximum absolute atomic E-state index is 5.54. The van der Waals surface area contributed by atoms with Crippen LogP contribution in [-0.4, -0.2) is 4.98 Å². The van der Waals surface area contributed by atoms with Gasteiger partial charge in [0.15, 0.2) is 0 Å². The van der Waals surface area contributed by atoms with Crippen LogP contribution in [0.2, 0.25) is 0 Å². The SMILES string of the molecule is NCc1ccc(Nc2cncc(I)c2)cc1. The van der Waals surface area contributed by atoms with Crippen LogP contribution in [0.25, 0.3) is 0 Å². The maximum Gasteiger partial charge on any atom is 0.0581 e. The van der Waals surface area contributed by atoms with E-state index in [1.807, 2.05) is 36.5 Å². The summed E-state index contributed by atoms with van der Waals surface area (Å²) < 4.78 is 1.11. The summed E-state index contributed by atoms with van der Waals surface area (Å²) in [6, 6.07) is 10.1. The normalized spacial score (nSPS) is 10.1. The Labute approximate surface area is 108 Å². The van der Waals surface area contributed by atoms with E-state index in [0.717, 1.165) is 20.5 Å². The van der Waals surface area contributed by atoms with Gasteiger partial charge in [-0.2, -0.15) is 0 Å². The summed E-state index contributed by atoms with van der Waals surface area (Å²) in [4.78, 5) is 4.12. The molecule has 3 nitrogen and oxygen atoms in total. The van der Waals surface area contributed by atoms with Crippen LogP contribution < -0.4 is 11.1 Å². The molecule has 1 aromatic heterocycles. The van der Waals surface area contributed by atoms with E-state index in [1.54, 1.807) is 6.20 Å². The van der Waals surface area contributed by atoms with Crippen molar-refractivity contribution in [1.82, 2.24) is 4.98 Å². The fourth-order valence-electron chi connectivity index (χ4n) is 1.37. The standard InChI is InChI=1S/C12H12IN3/c13-10-5-12(8-15-7-10)16-11-3-1-9(6-14)2-4-11/h1-5,7-8,16H,6,14H2. The van der Waals surface area contributed by atoms with E-state index in [-0.39, 0.29) is 0 Å². The lowest BCUT2D eigenvalue weighted by molar-refractivity contribution is 1.07. The quantitative estimate of drug-likeness (QED) is 0.853. The lowest BCUT2D eigenvalue weighted by Crippen LogP contribution is -1.96. The number of halogens is 1. The Bertz CT molecular complexity index is 468. The lowest BCUT2D eigenvalue weighted by Gasteiger charge is -2.06. The third-order valence-electron chi connectivity index (χ3n) is 2.18. The summed E-state index contributed by atoms with van der Waals surface area (Å²) in [5.74, 6) is 0. The summed E-state index contributed by atoms with van der Waals surface area (Å²) in [5.41, 5.74) is 8.71. The molecule has 1 aromatic carbocycles. The van der Waals surface area contributed by atoms with Gasteiger partial charge in [-0.05, 0) is 46.4 Å². The molecule has 4 heteroatoms. The molecule has 3 N–H and O–H groups in total. The Morgan fingerprint density at radius 2 is 1.88 bits per heavy atom. The minimum Gasteiger partial charge on any atom is -0.354 e. The van der Waals surface area contributed by atoms with Gasteiger partial charge >= 0.3 is 0 Å². The number of anilines is 2. The van der Waals surface area contributed by atoms with Crippen LogP contribution in [0.5, 0.6) is 0 Å². The summed E-state index contributed by atoms with van der Waals surface area (Å²) in [5, 5.41) is 3.29. The van der Waals surface area contributed by atoms with E-state index >= 15 is 0 Å². The molecule has 0 atom stereocenters. The van der Waals surface area contributed by atoms with E-state index in [1.165, 1.54) is 0 Å². The van der Waals surface area contributed by atoms with E-state index < -0.39 is 0 Å². The number of benzene rings is 1. The van der Waals surface area contributed by atoms with Crippen molar-refractivity contribution in [3.05, 3.63) is 51.9 Å². The van der Waals surface area contributed by atoms with Crippen LogP contribution in [0.15, 0.2) is 42.7 Å². The third kappa shape index (κ3) is 2.93. The van der Waals surface area contributed by atoms with Crippen LogP contribution in [0.1, 0.15) is 5.56 Å². The predicted octanol–water partition coefficient (Wildman–Crippen LogP) is 2.89. The van der Waals surface area contributed by atoms with E-state index in [0.29, 0.717) is 6.54 Å². The Morgan fingerprint density at radius 3 is 2.50 bits per heavy atom. The van der Waals surface area contributed by atoms with Gasteiger partial charge in [-0.3, -0.25) is 4.98 Å². The first-order chi connectivity index (χ1) is 7.78. The van der Waals surface area contributed by atoms with E-state index in [4.69, 9.17) is 5.73 Å². The molecule has 0 saturated carbocycles. The maximum atomic E-state index is 5.54. The Hall–Kier alpha value is -1.14. The molecule has 0 amide bonds. The predicted molar refractivity (Wildman–Crippen MR) is 74.6 cm³/mol. The number of hydrogen-bond donors (Lipinski definition) is 2. The molecule has 82 valence electrons. The number of nitrogens with two attached hydrogens (primary N) is 1. The monoisotopic (exact) mass is 325 g/mol. The summed E-state index contributed by atoms with van der Waals surface area (Å²) in [6.45, 7) is 0.574. The smallest absolute Gasteiger partial charge is 0.0581 e. The van der Waals surface area contributed by atoms with Crippen LogP contribution in [-0.2, 0) is 6.54 Å². The molecule has 0 aliphatic rings. The number of nitrogens with zero attached hydrogens (tertiary/aromatic N) is 1.